The zero-order valence-corrected chi connectivity index (χ0v) is 21.1. The number of amidine groups is 2. The van der Waals surface area contributed by atoms with E-state index < -0.39 is 23.4 Å². The van der Waals surface area contributed by atoms with Crippen LogP contribution in [0.4, 0.5) is 4.39 Å². The summed E-state index contributed by atoms with van der Waals surface area (Å²) >= 11 is 3.44. The van der Waals surface area contributed by atoms with E-state index in [0.29, 0.717) is 46.1 Å². The summed E-state index contributed by atoms with van der Waals surface area (Å²) in [7, 11) is 0. The first-order valence-corrected chi connectivity index (χ1v) is 12.2. The number of hydrogen-bond acceptors (Lipinski definition) is 8. The average Bonchev–Trinajstić information content (AvgIpc) is 3.45. The third-order valence-electron chi connectivity index (χ3n) is 6.17. The Morgan fingerprint density at radius 1 is 1.41 bits per heavy atom. The van der Waals surface area contributed by atoms with Crippen molar-refractivity contribution in [3.8, 4) is 0 Å². The van der Waals surface area contributed by atoms with Crippen molar-refractivity contribution in [2.45, 2.75) is 51.3 Å². The maximum absolute atomic E-state index is 13.9. The third-order valence-corrected chi connectivity index (χ3v) is 6.85. The molecule has 3 aliphatic rings. The maximum atomic E-state index is 13.9. The van der Waals surface area contributed by atoms with Crippen LogP contribution < -0.4 is 5.32 Å². The molecule has 4 rings (SSSR count). The van der Waals surface area contributed by atoms with Gasteiger partial charge in [-0.05, 0) is 57.9 Å². The number of carbonyl (C=O) groups excluding carboxylic acids is 1. The lowest BCUT2D eigenvalue weighted by Gasteiger charge is -2.36. The molecule has 3 aliphatic heterocycles. The van der Waals surface area contributed by atoms with Crippen molar-refractivity contribution in [3.63, 3.8) is 0 Å². The number of esters is 1. The van der Waals surface area contributed by atoms with E-state index in [2.05, 4.69) is 36.1 Å². The molecule has 1 unspecified atom stereocenters. The highest BCUT2D eigenvalue weighted by Gasteiger charge is 2.39. The molecule has 182 valence electrons. The van der Waals surface area contributed by atoms with E-state index in [1.165, 1.54) is 12.1 Å². The number of likely N-dealkylation sites (tertiary alicyclic amines) is 1. The SMILES string of the molecule is CCOC(=O)C1=C(CN2CCC[C@H]2C(C)(C)O)NC(C2=NCC=N2)=NC1c1ccc(F)cc1Br. The summed E-state index contributed by atoms with van der Waals surface area (Å²) in [5.41, 5.74) is 0.697. The van der Waals surface area contributed by atoms with E-state index in [-0.39, 0.29) is 12.6 Å². The van der Waals surface area contributed by atoms with Gasteiger partial charge in [-0.1, -0.05) is 22.0 Å². The standard InChI is InChI=1S/C24H29BrFN5O3/c1-4-34-23(32)19-17(13-31-11-5-6-18(31)24(2,3)33)29-22(21-27-9-10-28-21)30-20(19)15-8-7-14(26)12-16(15)25/h7-9,12,18,20,33H,4-6,10-11,13H2,1-3H3,(H,29,30)/t18-,20?/m0/s1. The molecule has 2 N–H and O–H groups in total. The maximum Gasteiger partial charge on any atom is 0.338 e. The molecule has 8 nitrogen and oxygen atoms in total. The van der Waals surface area contributed by atoms with E-state index in [1.54, 1.807) is 33.1 Å². The summed E-state index contributed by atoms with van der Waals surface area (Å²) in [5.74, 6) is -0.00321. The van der Waals surface area contributed by atoms with E-state index in [0.717, 1.165) is 19.4 Å². The van der Waals surface area contributed by atoms with Crippen LogP contribution in [0, 0.1) is 5.82 Å². The van der Waals surface area contributed by atoms with Crippen molar-refractivity contribution in [3.05, 3.63) is 45.3 Å². The zero-order chi connectivity index (χ0) is 24.5. The van der Waals surface area contributed by atoms with Gasteiger partial charge >= 0.3 is 5.97 Å². The Labute approximate surface area is 206 Å². The van der Waals surface area contributed by atoms with Crippen molar-refractivity contribution in [2.75, 3.05) is 26.2 Å². The minimum Gasteiger partial charge on any atom is -0.463 e. The Balaban J connectivity index is 1.82. The normalized spacial score (nSPS) is 23.1. The van der Waals surface area contributed by atoms with Gasteiger partial charge in [0.25, 0.3) is 0 Å². The van der Waals surface area contributed by atoms with Crippen LogP contribution in [0.15, 0.2) is 48.9 Å². The van der Waals surface area contributed by atoms with Crippen molar-refractivity contribution in [1.29, 1.82) is 0 Å². The average molecular weight is 534 g/mol. The molecular weight excluding hydrogens is 505 g/mol. The first kappa shape index (κ1) is 24.7. The molecule has 34 heavy (non-hydrogen) atoms. The monoisotopic (exact) mass is 533 g/mol. The fourth-order valence-corrected chi connectivity index (χ4v) is 5.25. The molecule has 0 spiro atoms. The highest BCUT2D eigenvalue weighted by Crippen LogP contribution is 2.37. The molecule has 0 aromatic heterocycles. The minimum atomic E-state index is -0.897. The molecule has 2 atom stereocenters. The largest absolute Gasteiger partial charge is 0.463 e. The smallest absolute Gasteiger partial charge is 0.338 e. The number of aliphatic imine (C=N–C) groups is 3. The summed E-state index contributed by atoms with van der Waals surface area (Å²) in [6.07, 6.45) is 3.50. The van der Waals surface area contributed by atoms with E-state index in [9.17, 15) is 14.3 Å². The molecule has 1 saturated heterocycles. The van der Waals surface area contributed by atoms with Crippen LogP contribution in [0.3, 0.4) is 0 Å². The second kappa shape index (κ2) is 10.1. The topological polar surface area (TPSA) is 98.9 Å². The minimum absolute atomic E-state index is 0.0644. The molecule has 0 aliphatic carbocycles. The number of aliphatic hydroxyl groups is 1. The van der Waals surface area contributed by atoms with Crippen molar-refractivity contribution < 1.29 is 19.0 Å². The van der Waals surface area contributed by atoms with E-state index >= 15 is 0 Å². The lowest BCUT2D eigenvalue weighted by molar-refractivity contribution is -0.139. The first-order chi connectivity index (χ1) is 16.2. The Kier molecular flexibility index (Phi) is 7.30. The molecule has 1 fully saturated rings. The van der Waals surface area contributed by atoms with Gasteiger partial charge in [0.05, 0.1) is 24.3 Å². The summed E-state index contributed by atoms with van der Waals surface area (Å²) in [5, 5.41) is 14.0. The van der Waals surface area contributed by atoms with Crippen LogP contribution in [0.25, 0.3) is 0 Å². The Morgan fingerprint density at radius 3 is 2.85 bits per heavy atom. The Bertz CT molecular complexity index is 1090. The van der Waals surface area contributed by atoms with E-state index in [4.69, 9.17) is 9.73 Å². The first-order valence-electron chi connectivity index (χ1n) is 11.4. The van der Waals surface area contributed by atoms with Crippen LogP contribution in [-0.2, 0) is 9.53 Å². The predicted molar refractivity (Wildman–Crippen MR) is 133 cm³/mol. The quantitative estimate of drug-likeness (QED) is 0.524. The molecular formula is C24H29BrFN5O3. The fourth-order valence-electron chi connectivity index (χ4n) is 4.68. The number of nitrogens with one attached hydrogen (secondary N) is 1. The van der Waals surface area contributed by atoms with Crippen LogP contribution in [-0.4, -0.2) is 71.7 Å². The predicted octanol–water partition coefficient (Wildman–Crippen LogP) is 3.17. The third kappa shape index (κ3) is 5.13. The summed E-state index contributed by atoms with van der Waals surface area (Å²) in [6, 6.07) is 3.50. The molecule has 1 aromatic rings. The van der Waals surface area contributed by atoms with Crippen molar-refractivity contribution in [1.82, 2.24) is 10.2 Å². The number of benzene rings is 1. The molecule has 1 aromatic carbocycles. The van der Waals surface area contributed by atoms with Gasteiger partial charge in [-0.15, -0.1) is 0 Å². The van der Waals surface area contributed by atoms with Crippen LogP contribution in [0.5, 0.6) is 0 Å². The van der Waals surface area contributed by atoms with Gasteiger partial charge < -0.3 is 15.2 Å². The molecule has 0 saturated carbocycles. The number of halogens is 2. The number of nitrogens with zero attached hydrogens (tertiary/aromatic N) is 4. The Hall–Kier alpha value is -2.43. The Morgan fingerprint density at radius 2 is 2.21 bits per heavy atom. The van der Waals surface area contributed by atoms with Gasteiger partial charge in [-0.25, -0.2) is 14.2 Å². The van der Waals surface area contributed by atoms with Gasteiger partial charge in [-0.2, -0.15) is 0 Å². The van der Waals surface area contributed by atoms with Gasteiger partial charge in [-0.3, -0.25) is 14.9 Å². The molecule has 0 radical (unpaired) electrons. The van der Waals surface area contributed by atoms with E-state index in [1.807, 2.05) is 0 Å². The second-order valence-electron chi connectivity index (χ2n) is 9.04. The van der Waals surface area contributed by atoms with Gasteiger partial charge in [0.15, 0.2) is 11.7 Å². The summed E-state index contributed by atoms with van der Waals surface area (Å²) < 4.78 is 19.8. The van der Waals surface area contributed by atoms with Crippen LogP contribution in [0.2, 0.25) is 0 Å². The molecule has 0 amide bonds. The van der Waals surface area contributed by atoms with Gasteiger partial charge in [0.2, 0.25) is 0 Å². The second-order valence-corrected chi connectivity index (χ2v) is 9.90. The molecule has 3 heterocycles. The summed E-state index contributed by atoms with van der Waals surface area (Å²) in [6.45, 7) is 7.18. The lowest BCUT2D eigenvalue weighted by Crippen LogP contribution is -2.49. The number of hydrogen-bond donors (Lipinski definition) is 2. The van der Waals surface area contributed by atoms with Gasteiger partial charge in [0.1, 0.15) is 11.9 Å². The van der Waals surface area contributed by atoms with Crippen LogP contribution >= 0.6 is 15.9 Å². The van der Waals surface area contributed by atoms with Gasteiger partial charge in [0, 0.05) is 29.0 Å². The van der Waals surface area contributed by atoms with Crippen LogP contribution in [0.1, 0.15) is 45.2 Å². The molecule has 10 heteroatoms. The number of rotatable bonds is 7. The number of carbonyl (C=O) groups is 1. The number of ether oxygens (including phenoxy) is 1. The fraction of sp³-hybridized carbons (Fsp3) is 0.500. The van der Waals surface area contributed by atoms with Crippen molar-refractivity contribution in [2.24, 2.45) is 15.0 Å². The highest BCUT2D eigenvalue weighted by atomic mass is 79.9. The highest BCUT2D eigenvalue weighted by molar-refractivity contribution is 9.10. The lowest BCUT2D eigenvalue weighted by atomic mass is 9.94. The summed E-state index contributed by atoms with van der Waals surface area (Å²) in [4.78, 5) is 28.9. The van der Waals surface area contributed by atoms with Crippen molar-refractivity contribution >= 4 is 39.8 Å². The molecule has 0 bridgehead atoms. The zero-order valence-electron chi connectivity index (χ0n) is 19.5.